The molecule has 3 saturated heterocycles. The number of benzene rings is 1. The first-order valence-corrected chi connectivity index (χ1v) is 9.38. The number of rotatable bonds is 1. The molecule has 7 nitrogen and oxygen atoms in total. The molecule has 0 unspecified atom stereocenters. The van der Waals surface area contributed by atoms with Crippen LogP contribution in [0.25, 0.3) is 0 Å². The Hall–Kier alpha value is -2.44. The normalized spacial score (nSPS) is 27.2. The largest absolute Gasteiger partial charge is 0.454 e. The zero-order valence-electron chi connectivity index (χ0n) is 14.8. The van der Waals surface area contributed by atoms with Gasteiger partial charge >= 0.3 is 6.03 Å². The van der Waals surface area contributed by atoms with Crippen LogP contribution in [0.15, 0.2) is 18.2 Å². The highest BCUT2D eigenvalue weighted by atomic mass is 16.7. The van der Waals surface area contributed by atoms with Crippen LogP contribution in [0.1, 0.15) is 25.7 Å². The summed E-state index contributed by atoms with van der Waals surface area (Å²) in [6, 6.07) is 5.79. The average molecular weight is 357 g/mol. The van der Waals surface area contributed by atoms with Crippen molar-refractivity contribution in [1.29, 1.82) is 0 Å². The van der Waals surface area contributed by atoms with E-state index in [1.54, 1.807) is 0 Å². The molecular formula is C19H23N3O4. The summed E-state index contributed by atoms with van der Waals surface area (Å²) in [6.07, 6.45) is 3.59. The smallest absolute Gasteiger partial charge is 0.320 e. The van der Waals surface area contributed by atoms with Crippen LogP contribution in [0.3, 0.4) is 0 Å². The first kappa shape index (κ1) is 15.8. The third kappa shape index (κ3) is 2.48. The SMILES string of the molecule is O=C(N1CCCC1)N1CC[C@]2(CC(=O)N(c3ccc4c(c3)OCO4)C2)C1. The van der Waals surface area contributed by atoms with E-state index < -0.39 is 0 Å². The first-order valence-electron chi connectivity index (χ1n) is 9.38. The summed E-state index contributed by atoms with van der Waals surface area (Å²) in [5.41, 5.74) is 0.725. The predicted molar refractivity (Wildman–Crippen MR) is 94.4 cm³/mol. The van der Waals surface area contributed by atoms with Crippen molar-refractivity contribution in [2.45, 2.75) is 25.7 Å². The Morgan fingerprint density at radius 1 is 1.00 bits per heavy atom. The van der Waals surface area contributed by atoms with Crippen molar-refractivity contribution in [3.05, 3.63) is 18.2 Å². The van der Waals surface area contributed by atoms with Crippen LogP contribution in [0, 0.1) is 5.41 Å². The second kappa shape index (κ2) is 5.79. The summed E-state index contributed by atoms with van der Waals surface area (Å²) in [7, 11) is 0. The number of anilines is 1. The summed E-state index contributed by atoms with van der Waals surface area (Å²) < 4.78 is 10.8. The number of carbonyl (C=O) groups is 2. The Morgan fingerprint density at radius 3 is 2.65 bits per heavy atom. The molecule has 26 heavy (non-hydrogen) atoms. The number of amides is 3. The number of hydrogen-bond acceptors (Lipinski definition) is 4. The Balaban J connectivity index is 1.31. The van der Waals surface area contributed by atoms with E-state index in [0.717, 1.165) is 50.3 Å². The molecule has 0 aromatic heterocycles. The van der Waals surface area contributed by atoms with Crippen LogP contribution >= 0.6 is 0 Å². The Labute approximate surface area is 152 Å². The molecule has 0 radical (unpaired) electrons. The number of fused-ring (bicyclic) bond motifs is 1. The number of urea groups is 1. The Bertz CT molecular complexity index is 761. The van der Waals surface area contributed by atoms with Gasteiger partial charge in [-0.2, -0.15) is 0 Å². The van der Waals surface area contributed by atoms with E-state index in [1.165, 1.54) is 0 Å². The van der Waals surface area contributed by atoms with Gasteiger partial charge in [0.25, 0.3) is 0 Å². The molecule has 0 bridgehead atoms. The number of likely N-dealkylation sites (tertiary alicyclic amines) is 2. The second-order valence-electron chi connectivity index (χ2n) is 7.84. The molecule has 5 rings (SSSR count). The van der Waals surface area contributed by atoms with Crippen molar-refractivity contribution < 1.29 is 19.1 Å². The van der Waals surface area contributed by atoms with Gasteiger partial charge in [-0.3, -0.25) is 4.79 Å². The lowest BCUT2D eigenvalue weighted by Crippen LogP contribution is -2.42. The van der Waals surface area contributed by atoms with Crippen LogP contribution in [0.5, 0.6) is 11.5 Å². The van der Waals surface area contributed by atoms with Crippen LogP contribution in [0.2, 0.25) is 0 Å². The molecule has 3 amide bonds. The summed E-state index contributed by atoms with van der Waals surface area (Å²) >= 11 is 0. The monoisotopic (exact) mass is 357 g/mol. The van der Waals surface area contributed by atoms with Crippen molar-refractivity contribution in [2.24, 2.45) is 5.41 Å². The molecule has 4 aliphatic heterocycles. The lowest BCUT2D eigenvalue weighted by atomic mass is 9.86. The molecule has 4 heterocycles. The van der Waals surface area contributed by atoms with Crippen molar-refractivity contribution >= 4 is 17.6 Å². The molecular weight excluding hydrogens is 334 g/mol. The fourth-order valence-electron chi connectivity index (χ4n) is 4.66. The van der Waals surface area contributed by atoms with Crippen molar-refractivity contribution in [3.8, 4) is 11.5 Å². The van der Waals surface area contributed by atoms with Crippen LogP contribution < -0.4 is 14.4 Å². The molecule has 4 aliphatic rings. The minimum absolute atomic E-state index is 0.122. The summed E-state index contributed by atoms with van der Waals surface area (Å²) in [5.74, 6) is 1.53. The summed E-state index contributed by atoms with van der Waals surface area (Å²) in [5, 5.41) is 0. The Morgan fingerprint density at radius 2 is 1.81 bits per heavy atom. The van der Waals surface area contributed by atoms with Crippen LogP contribution in [-0.2, 0) is 4.79 Å². The van der Waals surface area contributed by atoms with E-state index in [-0.39, 0.29) is 24.1 Å². The molecule has 1 spiro atoms. The highest BCUT2D eigenvalue weighted by Crippen LogP contribution is 2.44. The molecule has 0 aliphatic carbocycles. The van der Waals surface area contributed by atoms with Gasteiger partial charge in [0.05, 0.1) is 0 Å². The van der Waals surface area contributed by atoms with Gasteiger partial charge < -0.3 is 24.2 Å². The lowest BCUT2D eigenvalue weighted by Gasteiger charge is -2.27. The van der Waals surface area contributed by atoms with Gasteiger partial charge in [-0.15, -0.1) is 0 Å². The molecule has 138 valence electrons. The van der Waals surface area contributed by atoms with E-state index in [4.69, 9.17) is 9.47 Å². The standard InChI is InChI=1S/C19H23N3O4/c23-17-10-19(5-8-21(11-19)18(24)20-6-1-2-7-20)12-22(17)14-3-4-15-16(9-14)26-13-25-15/h3-4,9H,1-2,5-8,10-13H2/t19-/m0/s1. The maximum absolute atomic E-state index is 12.7. The highest BCUT2D eigenvalue weighted by Gasteiger charge is 2.49. The van der Waals surface area contributed by atoms with Gasteiger partial charge in [0, 0.05) is 56.3 Å². The second-order valence-corrected chi connectivity index (χ2v) is 7.84. The fourth-order valence-corrected chi connectivity index (χ4v) is 4.66. The zero-order chi connectivity index (χ0) is 17.7. The molecule has 0 saturated carbocycles. The number of carbonyl (C=O) groups excluding carboxylic acids is 2. The van der Waals surface area contributed by atoms with E-state index in [0.29, 0.717) is 25.3 Å². The van der Waals surface area contributed by atoms with Gasteiger partial charge in [0.2, 0.25) is 12.7 Å². The van der Waals surface area contributed by atoms with E-state index in [9.17, 15) is 9.59 Å². The number of nitrogens with zero attached hydrogens (tertiary/aromatic N) is 3. The van der Waals surface area contributed by atoms with E-state index in [1.807, 2.05) is 32.9 Å². The van der Waals surface area contributed by atoms with E-state index in [2.05, 4.69) is 0 Å². The van der Waals surface area contributed by atoms with Crippen molar-refractivity contribution in [3.63, 3.8) is 0 Å². The quantitative estimate of drug-likeness (QED) is 0.772. The van der Waals surface area contributed by atoms with Crippen molar-refractivity contribution in [1.82, 2.24) is 9.80 Å². The van der Waals surface area contributed by atoms with Crippen molar-refractivity contribution in [2.75, 3.05) is 44.4 Å². The zero-order valence-corrected chi connectivity index (χ0v) is 14.8. The molecule has 7 heteroatoms. The number of ether oxygens (including phenoxy) is 2. The van der Waals surface area contributed by atoms with Gasteiger partial charge in [0.1, 0.15) is 0 Å². The lowest BCUT2D eigenvalue weighted by molar-refractivity contribution is -0.117. The first-order chi connectivity index (χ1) is 12.6. The summed E-state index contributed by atoms with van der Waals surface area (Å²) in [4.78, 5) is 31.1. The topological polar surface area (TPSA) is 62.3 Å². The Kier molecular flexibility index (Phi) is 3.52. The average Bonchev–Trinajstić information content (AvgIpc) is 3.42. The maximum Gasteiger partial charge on any atom is 0.320 e. The van der Waals surface area contributed by atoms with Gasteiger partial charge in [-0.1, -0.05) is 0 Å². The number of hydrogen-bond donors (Lipinski definition) is 0. The third-order valence-corrected chi connectivity index (χ3v) is 6.07. The maximum atomic E-state index is 12.7. The molecule has 0 N–H and O–H groups in total. The minimum atomic E-state index is -0.122. The third-order valence-electron chi connectivity index (χ3n) is 6.07. The van der Waals surface area contributed by atoms with Crippen LogP contribution in [0.4, 0.5) is 10.5 Å². The molecule has 1 atom stereocenters. The molecule has 1 aromatic carbocycles. The fraction of sp³-hybridized carbons (Fsp3) is 0.579. The molecule has 1 aromatic rings. The van der Waals surface area contributed by atoms with Gasteiger partial charge in [-0.25, -0.2) is 4.79 Å². The van der Waals surface area contributed by atoms with Gasteiger partial charge in [-0.05, 0) is 31.4 Å². The highest BCUT2D eigenvalue weighted by molar-refractivity contribution is 5.97. The van der Waals surface area contributed by atoms with Gasteiger partial charge in [0.15, 0.2) is 11.5 Å². The van der Waals surface area contributed by atoms with Crippen LogP contribution in [-0.4, -0.2) is 61.3 Å². The molecule has 3 fully saturated rings. The van der Waals surface area contributed by atoms with E-state index >= 15 is 0 Å². The summed E-state index contributed by atoms with van der Waals surface area (Å²) in [6.45, 7) is 4.04. The predicted octanol–water partition coefficient (Wildman–Crippen LogP) is 2.06. The minimum Gasteiger partial charge on any atom is -0.454 e.